The molecule has 3 N–H and O–H groups in total. The second-order valence-electron chi connectivity index (χ2n) is 5.09. The van der Waals surface area contributed by atoms with Gasteiger partial charge in [0, 0.05) is 26.1 Å². The Balaban J connectivity index is 2.50. The number of carbonyl (C=O) groups is 1. The summed E-state index contributed by atoms with van der Waals surface area (Å²) in [5.74, 6) is 0.306. The van der Waals surface area contributed by atoms with Crippen LogP contribution in [0, 0.1) is 5.92 Å². The molecule has 1 atom stereocenters. The highest BCUT2D eigenvalue weighted by Gasteiger charge is 2.13. The van der Waals surface area contributed by atoms with Crippen LogP contribution in [0.3, 0.4) is 0 Å². The quantitative estimate of drug-likeness (QED) is 0.789. The fraction of sp³-hybridized carbons (Fsp3) is 0.533. The maximum Gasteiger partial charge on any atom is 0.221 e. The Morgan fingerprint density at radius 2 is 1.95 bits per heavy atom. The predicted octanol–water partition coefficient (Wildman–Crippen LogP) is 1.82. The van der Waals surface area contributed by atoms with Gasteiger partial charge in [-0.15, -0.1) is 0 Å². The third-order valence-electron chi connectivity index (χ3n) is 3.17. The topological polar surface area (TPSA) is 64.3 Å². The standard InChI is InChI=1S/C15H24N2O2/c1-11(2)14(16)8-15(18)17-9-12-6-4-5-7-13(12)10-19-3/h4-7,11,14H,8-10,16H2,1-3H3,(H,17,18). The molecule has 0 aliphatic heterocycles. The zero-order chi connectivity index (χ0) is 14.3. The van der Waals surface area contributed by atoms with Gasteiger partial charge in [0.25, 0.3) is 0 Å². The molecule has 0 fully saturated rings. The van der Waals surface area contributed by atoms with E-state index in [1.807, 2.05) is 38.1 Å². The van der Waals surface area contributed by atoms with Crippen molar-refractivity contribution in [3.8, 4) is 0 Å². The summed E-state index contributed by atoms with van der Waals surface area (Å²) >= 11 is 0. The van der Waals surface area contributed by atoms with Gasteiger partial charge in [0.1, 0.15) is 0 Å². The van der Waals surface area contributed by atoms with E-state index in [0.717, 1.165) is 11.1 Å². The highest BCUT2D eigenvalue weighted by atomic mass is 16.5. The highest BCUT2D eigenvalue weighted by Crippen LogP contribution is 2.10. The number of nitrogens with two attached hydrogens (primary N) is 1. The van der Waals surface area contributed by atoms with Crippen LogP contribution >= 0.6 is 0 Å². The van der Waals surface area contributed by atoms with Gasteiger partial charge in [0.05, 0.1) is 6.61 Å². The zero-order valence-corrected chi connectivity index (χ0v) is 12.0. The lowest BCUT2D eigenvalue weighted by Crippen LogP contribution is -2.34. The van der Waals surface area contributed by atoms with Gasteiger partial charge in [0.2, 0.25) is 5.91 Å². The molecule has 19 heavy (non-hydrogen) atoms. The minimum absolute atomic E-state index is 0.00609. The average Bonchev–Trinajstić information content (AvgIpc) is 2.38. The Morgan fingerprint density at radius 1 is 1.32 bits per heavy atom. The average molecular weight is 264 g/mol. The van der Waals surface area contributed by atoms with Gasteiger partial charge in [0.15, 0.2) is 0 Å². The Kier molecular flexibility index (Phi) is 6.53. The lowest BCUT2D eigenvalue weighted by atomic mass is 10.0. The van der Waals surface area contributed by atoms with Gasteiger partial charge in [-0.2, -0.15) is 0 Å². The van der Waals surface area contributed by atoms with Crippen LogP contribution in [0.5, 0.6) is 0 Å². The Hall–Kier alpha value is -1.39. The van der Waals surface area contributed by atoms with E-state index >= 15 is 0 Å². The summed E-state index contributed by atoms with van der Waals surface area (Å²) in [6.45, 7) is 5.11. The third kappa shape index (κ3) is 5.41. The van der Waals surface area contributed by atoms with Crippen LogP contribution in [0.4, 0.5) is 0 Å². The Morgan fingerprint density at radius 3 is 2.53 bits per heavy atom. The van der Waals surface area contributed by atoms with E-state index in [9.17, 15) is 4.79 Å². The summed E-state index contributed by atoms with van der Waals surface area (Å²) in [5, 5.41) is 2.91. The van der Waals surface area contributed by atoms with Crippen LogP contribution in [-0.4, -0.2) is 19.1 Å². The van der Waals surface area contributed by atoms with Crippen molar-refractivity contribution in [3.63, 3.8) is 0 Å². The molecule has 1 unspecified atom stereocenters. The molecular weight excluding hydrogens is 240 g/mol. The molecule has 0 radical (unpaired) electrons. The molecule has 0 aliphatic carbocycles. The molecule has 4 heteroatoms. The first kappa shape index (κ1) is 15.7. The van der Waals surface area contributed by atoms with Crippen molar-refractivity contribution >= 4 is 5.91 Å². The molecule has 0 saturated heterocycles. The lowest BCUT2D eigenvalue weighted by Gasteiger charge is -2.15. The number of ether oxygens (including phenoxy) is 1. The van der Waals surface area contributed by atoms with Gasteiger partial charge in [-0.05, 0) is 17.0 Å². The molecule has 1 aromatic carbocycles. The van der Waals surface area contributed by atoms with Crippen LogP contribution < -0.4 is 11.1 Å². The van der Waals surface area contributed by atoms with Crippen molar-refractivity contribution in [2.24, 2.45) is 11.7 Å². The summed E-state index contributed by atoms with van der Waals surface area (Å²) in [7, 11) is 1.66. The van der Waals surface area contributed by atoms with Gasteiger partial charge in [-0.1, -0.05) is 38.1 Å². The summed E-state index contributed by atoms with van der Waals surface area (Å²) in [5.41, 5.74) is 8.06. The van der Waals surface area contributed by atoms with E-state index in [0.29, 0.717) is 25.5 Å². The molecule has 106 valence electrons. The number of rotatable bonds is 7. The first-order chi connectivity index (χ1) is 9.04. The monoisotopic (exact) mass is 264 g/mol. The Bertz CT molecular complexity index is 405. The second kappa shape index (κ2) is 7.92. The zero-order valence-electron chi connectivity index (χ0n) is 12.0. The number of hydrogen-bond donors (Lipinski definition) is 2. The molecule has 0 aromatic heterocycles. The first-order valence-electron chi connectivity index (χ1n) is 6.62. The summed E-state index contributed by atoms with van der Waals surface area (Å²) in [4.78, 5) is 11.8. The van der Waals surface area contributed by atoms with E-state index in [1.165, 1.54) is 0 Å². The molecule has 1 rings (SSSR count). The SMILES string of the molecule is COCc1ccccc1CNC(=O)CC(N)C(C)C. The number of carbonyl (C=O) groups excluding carboxylic acids is 1. The molecule has 1 aromatic rings. The van der Waals surface area contributed by atoms with Crippen molar-refractivity contribution in [1.82, 2.24) is 5.32 Å². The van der Waals surface area contributed by atoms with Gasteiger partial charge >= 0.3 is 0 Å². The number of hydrogen-bond acceptors (Lipinski definition) is 3. The lowest BCUT2D eigenvalue weighted by molar-refractivity contribution is -0.121. The van der Waals surface area contributed by atoms with Gasteiger partial charge in [-0.25, -0.2) is 0 Å². The normalized spacial score (nSPS) is 12.5. The van der Waals surface area contributed by atoms with Crippen LogP contribution in [-0.2, 0) is 22.7 Å². The third-order valence-corrected chi connectivity index (χ3v) is 3.17. The molecule has 4 nitrogen and oxygen atoms in total. The van der Waals surface area contributed by atoms with Gasteiger partial charge in [-0.3, -0.25) is 4.79 Å². The molecule has 1 amide bonds. The summed E-state index contributed by atoms with van der Waals surface area (Å²) < 4.78 is 5.14. The van der Waals surface area contributed by atoms with Crippen LogP contribution in [0.25, 0.3) is 0 Å². The molecule has 0 aliphatic rings. The van der Waals surface area contributed by atoms with E-state index in [-0.39, 0.29) is 11.9 Å². The molecule has 0 bridgehead atoms. The molecule has 0 heterocycles. The maximum absolute atomic E-state index is 11.8. The largest absolute Gasteiger partial charge is 0.380 e. The van der Waals surface area contributed by atoms with Crippen molar-refractivity contribution in [2.75, 3.05) is 7.11 Å². The van der Waals surface area contributed by atoms with Crippen molar-refractivity contribution < 1.29 is 9.53 Å². The van der Waals surface area contributed by atoms with E-state index < -0.39 is 0 Å². The van der Waals surface area contributed by atoms with Crippen molar-refractivity contribution in [3.05, 3.63) is 35.4 Å². The minimum atomic E-state index is -0.0887. The number of benzene rings is 1. The smallest absolute Gasteiger partial charge is 0.221 e. The van der Waals surface area contributed by atoms with E-state index in [1.54, 1.807) is 7.11 Å². The fourth-order valence-corrected chi connectivity index (χ4v) is 1.74. The van der Waals surface area contributed by atoms with E-state index in [4.69, 9.17) is 10.5 Å². The molecule has 0 saturated carbocycles. The first-order valence-corrected chi connectivity index (χ1v) is 6.62. The summed E-state index contributed by atoms with van der Waals surface area (Å²) in [6.07, 6.45) is 0.365. The van der Waals surface area contributed by atoms with E-state index in [2.05, 4.69) is 5.32 Å². The number of amides is 1. The van der Waals surface area contributed by atoms with Crippen molar-refractivity contribution in [2.45, 2.75) is 39.5 Å². The van der Waals surface area contributed by atoms with Crippen LogP contribution in [0.1, 0.15) is 31.4 Å². The molecular formula is C15H24N2O2. The predicted molar refractivity (Wildman–Crippen MR) is 76.4 cm³/mol. The van der Waals surface area contributed by atoms with Crippen molar-refractivity contribution in [1.29, 1.82) is 0 Å². The van der Waals surface area contributed by atoms with Crippen LogP contribution in [0.2, 0.25) is 0 Å². The molecule has 0 spiro atoms. The Labute approximate surface area is 115 Å². The number of methoxy groups -OCH3 is 1. The summed E-state index contributed by atoms with van der Waals surface area (Å²) in [6, 6.07) is 7.84. The highest BCUT2D eigenvalue weighted by molar-refractivity contribution is 5.76. The fourth-order valence-electron chi connectivity index (χ4n) is 1.74. The number of nitrogens with one attached hydrogen (secondary N) is 1. The second-order valence-corrected chi connectivity index (χ2v) is 5.09. The minimum Gasteiger partial charge on any atom is -0.380 e. The van der Waals surface area contributed by atoms with Gasteiger partial charge < -0.3 is 15.8 Å². The maximum atomic E-state index is 11.8. The van der Waals surface area contributed by atoms with Crippen LogP contribution in [0.15, 0.2) is 24.3 Å².